The van der Waals surface area contributed by atoms with Crippen LogP contribution in [0.2, 0.25) is 0 Å². The first-order valence-corrected chi connectivity index (χ1v) is 9.44. The van der Waals surface area contributed by atoms with E-state index in [1.54, 1.807) is 13.1 Å². The molecule has 0 saturated carbocycles. The Labute approximate surface area is 187 Å². The molecule has 30 heavy (non-hydrogen) atoms. The van der Waals surface area contributed by atoms with E-state index in [1.165, 1.54) is 0 Å². The molecule has 1 aromatic carbocycles. The smallest absolute Gasteiger partial charge is 0.246 e. The Morgan fingerprint density at radius 2 is 1.77 bits per heavy atom. The van der Waals surface area contributed by atoms with Crippen molar-refractivity contribution < 1.29 is 9.32 Å². The molecule has 9 heteroatoms. The fourth-order valence-electron chi connectivity index (χ4n) is 3.57. The van der Waals surface area contributed by atoms with Gasteiger partial charge in [0, 0.05) is 25.2 Å². The molecule has 4 rings (SSSR count). The van der Waals surface area contributed by atoms with E-state index in [4.69, 9.17) is 10.3 Å². The highest BCUT2D eigenvalue weighted by Crippen LogP contribution is 2.30. The van der Waals surface area contributed by atoms with Crippen LogP contribution in [0.5, 0.6) is 0 Å². The molecular weight excluding hydrogens is 425 g/mol. The SMILES string of the molecule is CC(N)(C(=O)N1CCC(c2nc(-c3ccccn3)no2)CC1)c1ccccc1.Cl.Cl. The van der Waals surface area contributed by atoms with Gasteiger partial charge in [-0.1, -0.05) is 41.6 Å². The Balaban J connectivity index is 0.00000160. The van der Waals surface area contributed by atoms with Crippen molar-refractivity contribution in [2.75, 3.05) is 13.1 Å². The molecule has 3 heterocycles. The number of carbonyl (C=O) groups excluding carboxylic acids is 1. The highest BCUT2D eigenvalue weighted by molar-refractivity contribution is 5.87. The normalized spacial score (nSPS) is 16.1. The van der Waals surface area contributed by atoms with Crippen molar-refractivity contribution in [1.29, 1.82) is 0 Å². The molecule has 1 amide bonds. The van der Waals surface area contributed by atoms with Gasteiger partial charge in [-0.3, -0.25) is 9.78 Å². The van der Waals surface area contributed by atoms with Gasteiger partial charge in [-0.05, 0) is 37.5 Å². The number of amides is 1. The molecule has 1 fully saturated rings. The summed E-state index contributed by atoms with van der Waals surface area (Å²) in [7, 11) is 0. The van der Waals surface area contributed by atoms with Crippen LogP contribution in [0.25, 0.3) is 11.5 Å². The zero-order valence-electron chi connectivity index (χ0n) is 16.6. The molecule has 7 nitrogen and oxygen atoms in total. The van der Waals surface area contributed by atoms with Crippen LogP contribution in [0, 0.1) is 0 Å². The first kappa shape index (κ1) is 23.8. The average molecular weight is 450 g/mol. The number of hydrogen-bond donors (Lipinski definition) is 1. The third kappa shape index (κ3) is 4.80. The lowest BCUT2D eigenvalue weighted by Gasteiger charge is -2.36. The summed E-state index contributed by atoms with van der Waals surface area (Å²) in [5.74, 6) is 1.17. The molecule has 0 radical (unpaired) electrons. The van der Waals surface area contributed by atoms with E-state index in [-0.39, 0.29) is 36.6 Å². The highest BCUT2D eigenvalue weighted by Gasteiger charge is 2.37. The fourth-order valence-corrected chi connectivity index (χ4v) is 3.57. The highest BCUT2D eigenvalue weighted by atomic mass is 35.5. The van der Waals surface area contributed by atoms with Crippen LogP contribution in [0.4, 0.5) is 0 Å². The summed E-state index contributed by atoms with van der Waals surface area (Å²) >= 11 is 0. The largest absolute Gasteiger partial charge is 0.341 e. The van der Waals surface area contributed by atoms with Crippen LogP contribution in [-0.2, 0) is 10.3 Å². The maximum atomic E-state index is 13.0. The minimum atomic E-state index is -1.04. The summed E-state index contributed by atoms with van der Waals surface area (Å²) in [6, 6.07) is 15.1. The van der Waals surface area contributed by atoms with E-state index in [9.17, 15) is 4.79 Å². The number of halogens is 2. The second-order valence-electron chi connectivity index (χ2n) is 7.31. The lowest BCUT2D eigenvalue weighted by Crippen LogP contribution is -2.52. The monoisotopic (exact) mass is 449 g/mol. The Kier molecular flexibility index (Phi) is 7.95. The molecule has 3 aromatic rings. The number of aromatic nitrogens is 3. The van der Waals surface area contributed by atoms with E-state index in [0.717, 1.165) is 18.4 Å². The number of nitrogens with zero attached hydrogens (tertiary/aromatic N) is 4. The van der Waals surface area contributed by atoms with Crippen LogP contribution in [0.3, 0.4) is 0 Å². The van der Waals surface area contributed by atoms with Gasteiger partial charge in [0.1, 0.15) is 11.2 Å². The fraction of sp³-hybridized carbons (Fsp3) is 0.333. The molecule has 1 aliphatic heterocycles. The van der Waals surface area contributed by atoms with Gasteiger partial charge in [0.25, 0.3) is 0 Å². The third-order valence-electron chi connectivity index (χ3n) is 5.28. The Hall–Kier alpha value is -2.48. The predicted molar refractivity (Wildman–Crippen MR) is 119 cm³/mol. The Morgan fingerprint density at radius 3 is 2.40 bits per heavy atom. The molecule has 1 saturated heterocycles. The first-order valence-electron chi connectivity index (χ1n) is 9.44. The minimum absolute atomic E-state index is 0. The standard InChI is InChI=1S/C21H23N5O2.2ClH/c1-21(22,16-7-3-2-4-8-16)20(27)26-13-10-15(11-14-26)19-24-18(25-28-19)17-9-5-6-12-23-17;;/h2-9,12,15H,10-11,13-14,22H2,1H3;2*1H. The molecule has 2 aromatic heterocycles. The molecule has 2 N–H and O–H groups in total. The van der Waals surface area contributed by atoms with Gasteiger partial charge < -0.3 is 15.2 Å². The lowest BCUT2D eigenvalue weighted by molar-refractivity contribution is -0.138. The second kappa shape index (κ2) is 10.0. The molecular formula is C21H25Cl2N5O2. The number of carbonyl (C=O) groups is 1. The van der Waals surface area contributed by atoms with Crippen LogP contribution >= 0.6 is 24.8 Å². The zero-order chi connectivity index (χ0) is 19.6. The van der Waals surface area contributed by atoms with E-state index in [2.05, 4.69) is 15.1 Å². The Morgan fingerprint density at radius 1 is 1.10 bits per heavy atom. The van der Waals surface area contributed by atoms with Gasteiger partial charge in [-0.25, -0.2) is 0 Å². The lowest BCUT2D eigenvalue weighted by atomic mass is 9.89. The van der Waals surface area contributed by atoms with Crippen molar-refractivity contribution in [3.8, 4) is 11.5 Å². The van der Waals surface area contributed by atoms with Crippen molar-refractivity contribution in [2.45, 2.75) is 31.2 Å². The number of likely N-dealkylation sites (tertiary alicyclic amines) is 1. The van der Waals surface area contributed by atoms with Gasteiger partial charge in [0.15, 0.2) is 0 Å². The molecule has 0 spiro atoms. The van der Waals surface area contributed by atoms with Gasteiger partial charge >= 0.3 is 0 Å². The number of nitrogens with two attached hydrogens (primary N) is 1. The van der Waals surface area contributed by atoms with Crippen molar-refractivity contribution in [3.63, 3.8) is 0 Å². The van der Waals surface area contributed by atoms with Crippen molar-refractivity contribution >= 4 is 30.7 Å². The quantitative estimate of drug-likeness (QED) is 0.653. The number of piperidine rings is 1. The van der Waals surface area contributed by atoms with Crippen molar-refractivity contribution in [2.24, 2.45) is 5.73 Å². The molecule has 1 unspecified atom stereocenters. The molecule has 1 aliphatic rings. The van der Waals surface area contributed by atoms with E-state index in [0.29, 0.717) is 30.5 Å². The number of benzene rings is 1. The second-order valence-corrected chi connectivity index (χ2v) is 7.31. The minimum Gasteiger partial charge on any atom is -0.341 e. The maximum absolute atomic E-state index is 13.0. The number of hydrogen-bond acceptors (Lipinski definition) is 6. The topological polar surface area (TPSA) is 98.1 Å². The van der Waals surface area contributed by atoms with Crippen LogP contribution < -0.4 is 5.73 Å². The van der Waals surface area contributed by atoms with Gasteiger partial charge in [-0.15, -0.1) is 24.8 Å². The number of rotatable bonds is 4. The van der Waals surface area contributed by atoms with Crippen LogP contribution in [-0.4, -0.2) is 39.0 Å². The molecule has 0 aliphatic carbocycles. The van der Waals surface area contributed by atoms with Gasteiger partial charge in [0.05, 0.1) is 0 Å². The van der Waals surface area contributed by atoms with Crippen molar-refractivity contribution in [3.05, 3.63) is 66.2 Å². The zero-order valence-corrected chi connectivity index (χ0v) is 18.2. The summed E-state index contributed by atoms with van der Waals surface area (Å²) in [5.41, 5.74) is 6.86. The van der Waals surface area contributed by atoms with Gasteiger partial charge in [-0.2, -0.15) is 4.98 Å². The summed E-state index contributed by atoms with van der Waals surface area (Å²) in [6.07, 6.45) is 3.23. The molecule has 160 valence electrons. The number of pyridine rings is 1. The summed E-state index contributed by atoms with van der Waals surface area (Å²) in [5, 5.41) is 4.05. The van der Waals surface area contributed by atoms with Crippen LogP contribution in [0.15, 0.2) is 59.3 Å². The summed E-state index contributed by atoms with van der Waals surface area (Å²) in [4.78, 5) is 23.6. The van der Waals surface area contributed by atoms with E-state index in [1.807, 2.05) is 53.4 Å². The van der Waals surface area contributed by atoms with Crippen molar-refractivity contribution in [1.82, 2.24) is 20.0 Å². The Bertz CT molecular complexity index is 942. The van der Waals surface area contributed by atoms with Gasteiger partial charge in [0.2, 0.25) is 17.6 Å². The van der Waals surface area contributed by atoms with Crippen LogP contribution in [0.1, 0.15) is 37.1 Å². The third-order valence-corrected chi connectivity index (χ3v) is 5.28. The van der Waals surface area contributed by atoms with E-state index < -0.39 is 5.54 Å². The molecule has 1 atom stereocenters. The maximum Gasteiger partial charge on any atom is 0.246 e. The molecule has 0 bridgehead atoms. The van der Waals surface area contributed by atoms with E-state index >= 15 is 0 Å². The summed E-state index contributed by atoms with van der Waals surface area (Å²) < 4.78 is 5.46. The first-order chi connectivity index (χ1) is 13.6. The summed E-state index contributed by atoms with van der Waals surface area (Å²) in [6.45, 7) is 3.00. The predicted octanol–water partition coefficient (Wildman–Crippen LogP) is 3.56. The average Bonchev–Trinajstić information content (AvgIpc) is 3.25.